The lowest BCUT2D eigenvalue weighted by Gasteiger charge is -2.31. The molecule has 0 fully saturated rings. The first kappa shape index (κ1) is 12.7. The van der Waals surface area contributed by atoms with E-state index in [9.17, 15) is 0 Å². The average Bonchev–Trinajstić information content (AvgIpc) is 2.45. The smallest absolute Gasteiger partial charge is 0.0936 e. The number of hydrogen-bond donors (Lipinski definition) is 1. The molecular formula is C12H22N2S. The minimum atomic E-state index is 0.177. The Kier molecular flexibility index (Phi) is 3.90. The Labute approximate surface area is 96.9 Å². The third kappa shape index (κ3) is 2.79. The van der Waals surface area contributed by atoms with Crippen LogP contribution in [0.3, 0.4) is 0 Å². The maximum atomic E-state index is 5.88. The van der Waals surface area contributed by atoms with Crippen molar-refractivity contribution >= 4 is 11.3 Å². The van der Waals surface area contributed by atoms with E-state index in [4.69, 9.17) is 5.73 Å². The van der Waals surface area contributed by atoms with Gasteiger partial charge < -0.3 is 5.73 Å². The molecule has 1 heterocycles. The summed E-state index contributed by atoms with van der Waals surface area (Å²) in [4.78, 5) is 5.92. The van der Waals surface area contributed by atoms with Crippen molar-refractivity contribution in [1.82, 2.24) is 4.98 Å². The molecule has 0 spiro atoms. The van der Waals surface area contributed by atoms with Gasteiger partial charge in [0.05, 0.1) is 10.7 Å². The van der Waals surface area contributed by atoms with E-state index in [-0.39, 0.29) is 5.41 Å². The summed E-state index contributed by atoms with van der Waals surface area (Å²) in [7, 11) is 0. The average molecular weight is 226 g/mol. The maximum absolute atomic E-state index is 5.88. The van der Waals surface area contributed by atoms with Gasteiger partial charge in [0, 0.05) is 11.3 Å². The van der Waals surface area contributed by atoms with E-state index in [2.05, 4.69) is 39.6 Å². The fourth-order valence-electron chi connectivity index (χ4n) is 1.47. The molecule has 2 nitrogen and oxygen atoms in total. The molecule has 86 valence electrons. The van der Waals surface area contributed by atoms with Gasteiger partial charge in [-0.15, -0.1) is 11.3 Å². The van der Waals surface area contributed by atoms with Crippen LogP contribution in [0.5, 0.6) is 0 Å². The van der Waals surface area contributed by atoms with Gasteiger partial charge in [0.15, 0.2) is 0 Å². The normalized spacial score (nSPS) is 15.7. The number of nitrogens with zero attached hydrogens (tertiary/aromatic N) is 1. The number of aryl methyl sites for hydroxylation is 2. The highest BCUT2D eigenvalue weighted by Gasteiger charge is 2.28. The van der Waals surface area contributed by atoms with Crippen LogP contribution in [0, 0.1) is 25.2 Å². The van der Waals surface area contributed by atoms with Gasteiger partial charge in [0.25, 0.3) is 0 Å². The van der Waals surface area contributed by atoms with Crippen molar-refractivity contribution in [3.63, 3.8) is 0 Å². The first-order valence-electron chi connectivity index (χ1n) is 5.52. The first-order valence-corrected chi connectivity index (χ1v) is 6.33. The molecule has 0 saturated carbocycles. The van der Waals surface area contributed by atoms with Crippen LogP contribution in [-0.4, -0.2) is 11.5 Å². The Bertz CT molecular complexity index is 311. The van der Waals surface area contributed by atoms with Gasteiger partial charge in [-0.25, -0.2) is 4.98 Å². The second kappa shape index (κ2) is 4.62. The van der Waals surface area contributed by atoms with Crippen LogP contribution >= 0.6 is 11.3 Å². The van der Waals surface area contributed by atoms with E-state index < -0.39 is 0 Å². The highest BCUT2D eigenvalue weighted by Crippen LogP contribution is 2.32. The highest BCUT2D eigenvalue weighted by molar-refractivity contribution is 7.11. The molecule has 3 heteroatoms. The molecule has 0 radical (unpaired) electrons. The Morgan fingerprint density at radius 3 is 2.33 bits per heavy atom. The molecule has 0 aromatic carbocycles. The molecule has 1 aromatic rings. The predicted molar refractivity (Wildman–Crippen MR) is 67.3 cm³/mol. The number of hydrogen-bond acceptors (Lipinski definition) is 3. The van der Waals surface area contributed by atoms with Gasteiger partial charge >= 0.3 is 0 Å². The van der Waals surface area contributed by atoms with E-state index in [0.717, 1.165) is 18.7 Å². The van der Waals surface area contributed by atoms with Crippen molar-refractivity contribution in [2.24, 2.45) is 17.1 Å². The SMILES string of the molecule is Cc1nc(CC(C)(CN)C(C)C)sc1C. The lowest BCUT2D eigenvalue weighted by Crippen LogP contribution is -2.34. The number of rotatable bonds is 4. The maximum Gasteiger partial charge on any atom is 0.0936 e. The molecule has 1 rings (SSSR count). The Hall–Kier alpha value is -0.410. The molecule has 1 unspecified atom stereocenters. The second-order valence-electron chi connectivity index (χ2n) is 4.94. The molecule has 0 aliphatic rings. The largest absolute Gasteiger partial charge is 0.330 e. The van der Waals surface area contributed by atoms with Gasteiger partial charge in [-0.05, 0) is 31.7 Å². The van der Waals surface area contributed by atoms with Crippen molar-refractivity contribution in [3.05, 3.63) is 15.6 Å². The molecule has 2 N–H and O–H groups in total. The standard InChI is InChI=1S/C12H22N2S/c1-8(2)12(5,7-13)6-11-14-9(3)10(4)15-11/h8H,6-7,13H2,1-5H3. The zero-order valence-electron chi connectivity index (χ0n) is 10.4. The molecule has 0 saturated heterocycles. The Morgan fingerprint density at radius 2 is 2.00 bits per heavy atom. The van der Waals surface area contributed by atoms with E-state index >= 15 is 0 Å². The fraction of sp³-hybridized carbons (Fsp3) is 0.750. The zero-order chi connectivity index (χ0) is 11.6. The van der Waals surface area contributed by atoms with E-state index in [1.807, 2.05) is 11.3 Å². The van der Waals surface area contributed by atoms with Crippen LogP contribution in [0.4, 0.5) is 0 Å². The summed E-state index contributed by atoms with van der Waals surface area (Å²) in [5, 5.41) is 1.23. The van der Waals surface area contributed by atoms with Crippen molar-refractivity contribution in [2.75, 3.05) is 6.54 Å². The molecule has 1 aromatic heterocycles. The lowest BCUT2D eigenvalue weighted by atomic mass is 9.76. The Balaban J connectivity index is 2.84. The summed E-state index contributed by atoms with van der Waals surface area (Å²) in [6.07, 6.45) is 1.00. The fourth-order valence-corrected chi connectivity index (χ4v) is 2.60. The minimum absolute atomic E-state index is 0.177. The molecule has 0 amide bonds. The van der Waals surface area contributed by atoms with Crippen LogP contribution in [0.2, 0.25) is 0 Å². The predicted octanol–water partition coefficient (Wildman–Crippen LogP) is 2.92. The van der Waals surface area contributed by atoms with Gasteiger partial charge in [-0.2, -0.15) is 0 Å². The summed E-state index contributed by atoms with van der Waals surface area (Å²) >= 11 is 1.81. The quantitative estimate of drug-likeness (QED) is 0.857. The molecule has 0 aliphatic heterocycles. The van der Waals surface area contributed by atoms with Crippen molar-refractivity contribution in [1.29, 1.82) is 0 Å². The van der Waals surface area contributed by atoms with Gasteiger partial charge in [-0.3, -0.25) is 0 Å². The summed E-state index contributed by atoms with van der Waals surface area (Å²) in [6, 6.07) is 0. The zero-order valence-corrected chi connectivity index (χ0v) is 11.2. The van der Waals surface area contributed by atoms with Crippen LogP contribution < -0.4 is 5.73 Å². The van der Waals surface area contributed by atoms with Crippen LogP contribution in [0.15, 0.2) is 0 Å². The van der Waals surface area contributed by atoms with Gasteiger partial charge in [0.1, 0.15) is 0 Å². The second-order valence-corrected chi connectivity index (χ2v) is 6.23. The third-order valence-electron chi connectivity index (χ3n) is 3.49. The lowest BCUT2D eigenvalue weighted by molar-refractivity contribution is 0.227. The molecule has 15 heavy (non-hydrogen) atoms. The van der Waals surface area contributed by atoms with Crippen LogP contribution in [0.25, 0.3) is 0 Å². The van der Waals surface area contributed by atoms with Gasteiger partial charge in [0.2, 0.25) is 0 Å². The molecule has 0 bridgehead atoms. The number of aromatic nitrogens is 1. The number of nitrogens with two attached hydrogens (primary N) is 1. The topological polar surface area (TPSA) is 38.9 Å². The molecule has 1 atom stereocenters. The summed E-state index contributed by atoms with van der Waals surface area (Å²) in [5.41, 5.74) is 7.22. The number of thiazole rings is 1. The third-order valence-corrected chi connectivity index (χ3v) is 4.56. The van der Waals surface area contributed by atoms with Crippen molar-refractivity contribution < 1.29 is 0 Å². The minimum Gasteiger partial charge on any atom is -0.330 e. The van der Waals surface area contributed by atoms with Gasteiger partial charge in [-0.1, -0.05) is 20.8 Å². The Morgan fingerprint density at radius 1 is 1.40 bits per heavy atom. The van der Waals surface area contributed by atoms with Crippen molar-refractivity contribution in [2.45, 2.75) is 41.0 Å². The van der Waals surface area contributed by atoms with E-state index in [1.165, 1.54) is 9.88 Å². The summed E-state index contributed by atoms with van der Waals surface area (Å²) < 4.78 is 0. The summed E-state index contributed by atoms with van der Waals surface area (Å²) in [6.45, 7) is 11.7. The van der Waals surface area contributed by atoms with Crippen LogP contribution in [0.1, 0.15) is 36.3 Å². The van der Waals surface area contributed by atoms with E-state index in [1.54, 1.807) is 0 Å². The first-order chi connectivity index (χ1) is 6.89. The van der Waals surface area contributed by atoms with Crippen LogP contribution in [-0.2, 0) is 6.42 Å². The molecular weight excluding hydrogens is 204 g/mol. The highest BCUT2D eigenvalue weighted by atomic mass is 32.1. The molecule has 0 aliphatic carbocycles. The van der Waals surface area contributed by atoms with E-state index in [0.29, 0.717) is 5.92 Å². The summed E-state index contributed by atoms with van der Waals surface area (Å²) in [5.74, 6) is 0.590. The monoisotopic (exact) mass is 226 g/mol. The van der Waals surface area contributed by atoms with Crippen molar-refractivity contribution in [3.8, 4) is 0 Å².